The molecule has 2 N–H and O–H groups in total. The number of aryl methyl sites for hydroxylation is 2. The fourth-order valence-corrected chi connectivity index (χ4v) is 2.51. The third kappa shape index (κ3) is 2.58. The van der Waals surface area contributed by atoms with E-state index in [2.05, 4.69) is 52.2 Å². The maximum atomic E-state index is 5.55. The van der Waals surface area contributed by atoms with E-state index in [-0.39, 0.29) is 0 Å². The van der Waals surface area contributed by atoms with Crippen LogP contribution >= 0.6 is 15.9 Å². The first-order chi connectivity index (χ1) is 8.11. The zero-order chi connectivity index (χ0) is 12.4. The van der Waals surface area contributed by atoms with E-state index in [1.165, 1.54) is 5.56 Å². The summed E-state index contributed by atoms with van der Waals surface area (Å²) in [6.07, 6.45) is 0.899. The van der Waals surface area contributed by atoms with Crippen molar-refractivity contribution >= 4 is 15.9 Å². The van der Waals surface area contributed by atoms with Crippen molar-refractivity contribution in [2.45, 2.75) is 20.3 Å². The Morgan fingerprint density at radius 3 is 2.59 bits per heavy atom. The van der Waals surface area contributed by atoms with Crippen molar-refractivity contribution in [3.8, 4) is 5.69 Å². The molecule has 0 unspecified atom stereocenters. The molecule has 90 valence electrons. The molecule has 0 aliphatic rings. The van der Waals surface area contributed by atoms with Gasteiger partial charge in [-0.25, -0.2) is 4.68 Å². The van der Waals surface area contributed by atoms with Gasteiger partial charge < -0.3 is 5.73 Å². The topological polar surface area (TPSA) is 43.8 Å². The van der Waals surface area contributed by atoms with Gasteiger partial charge in [0.1, 0.15) is 0 Å². The van der Waals surface area contributed by atoms with Crippen LogP contribution in [0.5, 0.6) is 0 Å². The summed E-state index contributed by atoms with van der Waals surface area (Å²) >= 11 is 3.60. The minimum absolute atomic E-state index is 0.672. The summed E-state index contributed by atoms with van der Waals surface area (Å²) in [6, 6.07) is 8.36. The van der Waals surface area contributed by atoms with Crippen molar-refractivity contribution in [3.63, 3.8) is 0 Å². The van der Waals surface area contributed by atoms with Crippen LogP contribution in [0.15, 0.2) is 28.7 Å². The predicted molar refractivity (Wildman–Crippen MR) is 73.5 cm³/mol. The minimum atomic E-state index is 0.672. The van der Waals surface area contributed by atoms with Crippen molar-refractivity contribution in [1.82, 2.24) is 9.78 Å². The number of hydrogen-bond donors (Lipinski definition) is 1. The van der Waals surface area contributed by atoms with Crippen LogP contribution < -0.4 is 5.73 Å². The number of nitrogens with two attached hydrogens (primary N) is 1. The standard InChI is InChI=1S/C13H16BrN3/c1-9-7-10(2)17(16-9)13-4-3-11(5-6-15)8-12(13)14/h3-4,7-8H,5-6,15H2,1-2H3. The summed E-state index contributed by atoms with van der Waals surface area (Å²) in [6.45, 7) is 4.73. The maximum Gasteiger partial charge on any atom is 0.0790 e. The highest BCUT2D eigenvalue weighted by atomic mass is 79.9. The highest BCUT2D eigenvalue weighted by Gasteiger charge is 2.07. The van der Waals surface area contributed by atoms with Crippen LogP contribution in [-0.2, 0) is 6.42 Å². The molecule has 0 saturated carbocycles. The van der Waals surface area contributed by atoms with Crippen molar-refractivity contribution < 1.29 is 0 Å². The second kappa shape index (κ2) is 5.02. The number of benzene rings is 1. The lowest BCUT2D eigenvalue weighted by Gasteiger charge is -2.08. The van der Waals surface area contributed by atoms with Crippen LogP contribution in [0.2, 0.25) is 0 Å². The maximum absolute atomic E-state index is 5.55. The zero-order valence-corrected chi connectivity index (χ0v) is 11.7. The van der Waals surface area contributed by atoms with Gasteiger partial charge in [0.25, 0.3) is 0 Å². The van der Waals surface area contributed by atoms with E-state index in [0.717, 1.165) is 28.0 Å². The van der Waals surface area contributed by atoms with E-state index in [9.17, 15) is 0 Å². The lowest BCUT2D eigenvalue weighted by atomic mass is 10.1. The quantitative estimate of drug-likeness (QED) is 0.946. The van der Waals surface area contributed by atoms with Crippen LogP contribution in [0.3, 0.4) is 0 Å². The molecule has 17 heavy (non-hydrogen) atoms. The second-order valence-corrected chi connectivity index (χ2v) is 5.02. The van der Waals surface area contributed by atoms with E-state index in [1.807, 2.05) is 11.6 Å². The Hall–Kier alpha value is -1.13. The molecule has 0 aliphatic heterocycles. The molecule has 0 fully saturated rings. The molecule has 0 spiro atoms. The fraction of sp³-hybridized carbons (Fsp3) is 0.308. The molecule has 1 heterocycles. The van der Waals surface area contributed by atoms with Crippen molar-refractivity contribution in [2.75, 3.05) is 6.54 Å². The van der Waals surface area contributed by atoms with Gasteiger partial charge in [0, 0.05) is 10.2 Å². The smallest absolute Gasteiger partial charge is 0.0790 e. The van der Waals surface area contributed by atoms with Gasteiger partial charge in [0.05, 0.1) is 11.4 Å². The van der Waals surface area contributed by atoms with Crippen LogP contribution in [0.25, 0.3) is 5.69 Å². The summed E-state index contributed by atoms with van der Waals surface area (Å²) in [5, 5.41) is 4.48. The molecular weight excluding hydrogens is 278 g/mol. The van der Waals surface area contributed by atoms with Gasteiger partial charge in [0.15, 0.2) is 0 Å². The first kappa shape index (κ1) is 12.3. The van der Waals surface area contributed by atoms with E-state index in [4.69, 9.17) is 5.73 Å². The average molecular weight is 294 g/mol. The van der Waals surface area contributed by atoms with Crippen LogP contribution in [-0.4, -0.2) is 16.3 Å². The SMILES string of the molecule is Cc1cc(C)n(-c2ccc(CCN)cc2Br)n1. The van der Waals surface area contributed by atoms with Crippen LogP contribution in [0, 0.1) is 13.8 Å². The normalized spacial score (nSPS) is 10.8. The van der Waals surface area contributed by atoms with Crippen molar-refractivity contribution in [3.05, 3.63) is 45.7 Å². The first-order valence-electron chi connectivity index (χ1n) is 5.64. The molecule has 0 saturated heterocycles. The van der Waals surface area contributed by atoms with E-state index < -0.39 is 0 Å². The van der Waals surface area contributed by atoms with Gasteiger partial charge in [-0.3, -0.25) is 0 Å². The lowest BCUT2D eigenvalue weighted by Crippen LogP contribution is -2.04. The largest absolute Gasteiger partial charge is 0.330 e. The molecule has 2 rings (SSSR count). The summed E-state index contributed by atoms with van der Waals surface area (Å²) in [5.74, 6) is 0. The number of rotatable bonds is 3. The molecule has 0 radical (unpaired) electrons. The lowest BCUT2D eigenvalue weighted by molar-refractivity contribution is 0.828. The van der Waals surface area contributed by atoms with Gasteiger partial charge in [0.2, 0.25) is 0 Å². The zero-order valence-electron chi connectivity index (χ0n) is 10.1. The highest BCUT2D eigenvalue weighted by molar-refractivity contribution is 9.10. The molecule has 4 heteroatoms. The third-order valence-electron chi connectivity index (χ3n) is 2.68. The third-order valence-corrected chi connectivity index (χ3v) is 3.32. The summed E-state index contributed by atoms with van der Waals surface area (Å²) in [4.78, 5) is 0. The second-order valence-electron chi connectivity index (χ2n) is 4.16. The monoisotopic (exact) mass is 293 g/mol. The Balaban J connectivity index is 2.43. The van der Waals surface area contributed by atoms with Gasteiger partial charge in [-0.2, -0.15) is 5.10 Å². The van der Waals surface area contributed by atoms with E-state index in [0.29, 0.717) is 6.54 Å². The Labute approximate surface area is 110 Å². The van der Waals surface area contributed by atoms with Gasteiger partial charge >= 0.3 is 0 Å². The van der Waals surface area contributed by atoms with Crippen LogP contribution in [0.4, 0.5) is 0 Å². The molecule has 3 nitrogen and oxygen atoms in total. The van der Waals surface area contributed by atoms with E-state index >= 15 is 0 Å². The molecule has 0 atom stereocenters. The molecule has 0 bridgehead atoms. The summed E-state index contributed by atoms with van der Waals surface area (Å²) in [7, 11) is 0. The number of hydrogen-bond acceptors (Lipinski definition) is 2. The fourth-order valence-electron chi connectivity index (χ4n) is 1.92. The predicted octanol–water partition coefficient (Wildman–Crippen LogP) is 2.75. The Morgan fingerprint density at radius 1 is 1.29 bits per heavy atom. The van der Waals surface area contributed by atoms with Crippen molar-refractivity contribution in [2.24, 2.45) is 5.73 Å². The Morgan fingerprint density at radius 2 is 2.06 bits per heavy atom. The molecule has 0 aliphatic carbocycles. The summed E-state index contributed by atoms with van der Waals surface area (Å²) < 4.78 is 3.00. The Bertz CT molecular complexity index is 531. The van der Waals surface area contributed by atoms with E-state index in [1.54, 1.807) is 0 Å². The van der Waals surface area contributed by atoms with Gasteiger partial charge in [-0.15, -0.1) is 0 Å². The highest BCUT2D eigenvalue weighted by Crippen LogP contribution is 2.23. The molecular formula is C13H16BrN3. The summed E-state index contributed by atoms with van der Waals surface area (Å²) in [5.41, 5.74) is 10.0. The number of halogens is 1. The number of nitrogens with zero attached hydrogens (tertiary/aromatic N) is 2. The average Bonchev–Trinajstić information content (AvgIpc) is 2.58. The Kier molecular flexibility index (Phi) is 3.64. The van der Waals surface area contributed by atoms with Crippen LogP contribution in [0.1, 0.15) is 17.0 Å². The molecule has 0 amide bonds. The van der Waals surface area contributed by atoms with Gasteiger partial charge in [-0.05, 0) is 66.5 Å². The minimum Gasteiger partial charge on any atom is -0.330 e. The molecule has 1 aromatic heterocycles. The molecule has 1 aromatic carbocycles. The van der Waals surface area contributed by atoms with Crippen molar-refractivity contribution in [1.29, 1.82) is 0 Å². The first-order valence-corrected chi connectivity index (χ1v) is 6.43. The van der Waals surface area contributed by atoms with Gasteiger partial charge in [-0.1, -0.05) is 6.07 Å². The molecule has 2 aromatic rings. The number of aromatic nitrogens is 2.